The van der Waals surface area contributed by atoms with Gasteiger partial charge in [0, 0.05) is 9.75 Å². The van der Waals surface area contributed by atoms with Gasteiger partial charge in [-0.1, -0.05) is 0 Å². The van der Waals surface area contributed by atoms with E-state index in [0.717, 1.165) is 0 Å². The molecule has 4 heteroatoms. The molecule has 1 unspecified atom stereocenters. The van der Waals surface area contributed by atoms with E-state index in [4.69, 9.17) is 5.84 Å². The third-order valence-corrected chi connectivity index (χ3v) is 4.38. The van der Waals surface area contributed by atoms with Crippen LogP contribution in [0.1, 0.15) is 26.9 Å². The van der Waals surface area contributed by atoms with Gasteiger partial charge in [-0.2, -0.15) is 0 Å². The van der Waals surface area contributed by atoms with Gasteiger partial charge < -0.3 is 0 Å². The van der Waals surface area contributed by atoms with Crippen molar-refractivity contribution in [2.75, 3.05) is 0 Å². The van der Waals surface area contributed by atoms with E-state index in [1.54, 1.807) is 22.7 Å². The van der Waals surface area contributed by atoms with Gasteiger partial charge in [-0.05, 0) is 47.9 Å². The fourth-order valence-corrected chi connectivity index (χ4v) is 3.36. The molecule has 2 rings (SSSR count). The van der Waals surface area contributed by atoms with E-state index in [1.165, 1.54) is 20.9 Å². The molecule has 0 aliphatic heterocycles. The molecular weight excluding hydrogens is 224 g/mol. The first-order valence-corrected chi connectivity index (χ1v) is 6.53. The minimum atomic E-state index is 0.134. The van der Waals surface area contributed by atoms with Crippen LogP contribution in [0.2, 0.25) is 0 Å². The van der Waals surface area contributed by atoms with Crippen LogP contribution < -0.4 is 11.3 Å². The first kappa shape index (κ1) is 10.8. The van der Waals surface area contributed by atoms with Gasteiger partial charge in [-0.15, -0.1) is 22.7 Å². The summed E-state index contributed by atoms with van der Waals surface area (Å²) in [5, 5.41) is 4.27. The zero-order valence-electron chi connectivity index (χ0n) is 8.78. The molecule has 0 spiro atoms. The first-order chi connectivity index (χ1) is 7.22. The summed E-state index contributed by atoms with van der Waals surface area (Å²) in [6.45, 7) is 4.23. The molecule has 0 aliphatic rings. The van der Waals surface area contributed by atoms with Crippen LogP contribution in [0.15, 0.2) is 22.9 Å². The highest BCUT2D eigenvalue weighted by Gasteiger charge is 2.16. The van der Waals surface area contributed by atoms with Gasteiger partial charge in [-0.25, -0.2) is 5.43 Å². The predicted molar refractivity (Wildman–Crippen MR) is 67.3 cm³/mol. The Kier molecular flexibility index (Phi) is 3.21. The van der Waals surface area contributed by atoms with Gasteiger partial charge >= 0.3 is 0 Å². The zero-order chi connectivity index (χ0) is 10.8. The van der Waals surface area contributed by atoms with Crippen molar-refractivity contribution >= 4 is 22.7 Å². The maximum absolute atomic E-state index is 5.64. The lowest BCUT2D eigenvalue weighted by Crippen LogP contribution is -2.28. The van der Waals surface area contributed by atoms with Crippen molar-refractivity contribution in [2.45, 2.75) is 19.9 Å². The van der Waals surface area contributed by atoms with Crippen LogP contribution in [0.3, 0.4) is 0 Å². The summed E-state index contributed by atoms with van der Waals surface area (Å²) in [4.78, 5) is 2.62. The van der Waals surface area contributed by atoms with Gasteiger partial charge in [0.2, 0.25) is 0 Å². The minimum Gasteiger partial charge on any atom is -0.271 e. The second-order valence-corrected chi connectivity index (χ2v) is 5.62. The molecule has 0 saturated carbocycles. The van der Waals surface area contributed by atoms with Gasteiger partial charge in [0.1, 0.15) is 0 Å². The van der Waals surface area contributed by atoms with Crippen LogP contribution in [0, 0.1) is 13.8 Å². The van der Waals surface area contributed by atoms with Crippen LogP contribution in [0.25, 0.3) is 0 Å². The average Bonchev–Trinajstić information content (AvgIpc) is 2.79. The third-order valence-electron chi connectivity index (χ3n) is 2.41. The predicted octanol–water partition coefficient (Wildman–Crippen LogP) is 2.98. The molecule has 2 nitrogen and oxygen atoms in total. The van der Waals surface area contributed by atoms with Crippen molar-refractivity contribution in [1.82, 2.24) is 5.43 Å². The standard InChI is InChI=1S/C11H14N2S2/c1-7-3-4-14-11(7)10(13-12)9-5-8(2)15-6-9/h3-6,10,13H,12H2,1-2H3. The lowest BCUT2D eigenvalue weighted by Gasteiger charge is -2.13. The highest BCUT2D eigenvalue weighted by Crippen LogP contribution is 2.30. The van der Waals surface area contributed by atoms with Crippen molar-refractivity contribution in [3.05, 3.63) is 43.8 Å². The summed E-state index contributed by atoms with van der Waals surface area (Å²) in [7, 11) is 0. The Bertz CT molecular complexity index is 445. The van der Waals surface area contributed by atoms with E-state index in [9.17, 15) is 0 Å². The smallest absolute Gasteiger partial charge is 0.0813 e. The van der Waals surface area contributed by atoms with Gasteiger partial charge in [0.05, 0.1) is 6.04 Å². The molecule has 0 fully saturated rings. The van der Waals surface area contributed by atoms with E-state index in [-0.39, 0.29) is 6.04 Å². The SMILES string of the molecule is Cc1cc(C(NN)c2sccc2C)cs1. The van der Waals surface area contributed by atoms with E-state index in [2.05, 4.69) is 42.2 Å². The first-order valence-electron chi connectivity index (χ1n) is 4.77. The molecule has 0 saturated heterocycles. The Morgan fingerprint density at radius 3 is 2.60 bits per heavy atom. The molecule has 0 aliphatic carbocycles. The van der Waals surface area contributed by atoms with Gasteiger partial charge in [0.15, 0.2) is 0 Å². The van der Waals surface area contributed by atoms with E-state index >= 15 is 0 Å². The van der Waals surface area contributed by atoms with Crippen LogP contribution in [0.4, 0.5) is 0 Å². The normalized spacial score (nSPS) is 13.0. The number of hydrogen-bond donors (Lipinski definition) is 2. The molecule has 0 amide bonds. The number of thiophene rings is 2. The molecule has 0 bridgehead atoms. The van der Waals surface area contributed by atoms with Gasteiger partial charge in [-0.3, -0.25) is 5.84 Å². The molecule has 0 aromatic carbocycles. The molecule has 1 atom stereocenters. The number of hydrazine groups is 1. The lowest BCUT2D eigenvalue weighted by molar-refractivity contribution is 0.645. The highest BCUT2D eigenvalue weighted by molar-refractivity contribution is 7.10. The number of nitrogens with two attached hydrogens (primary N) is 1. The summed E-state index contributed by atoms with van der Waals surface area (Å²) in [5.41, 5.74) is 5.45. The molecular formula is C11H14N2S2. The maximum Gasteiger partial charge on any atom is 0.0813 e. The highest BCUT2D eigenvalue weighted by atomic mass is 32.1. The van der Waals surface area contributed by atoms with Gasteiger partial charge in [0.25, 0.3) is 0 Å². The number of aryl methyl sites for hydroxylation is 2. The summed E-state index contributed by atoms with van der Waals surface area (Å²) < 4.78 is 0. The molecule has 80 valence electrons. The molecule has 0 radical (unpaired) electrons. The lowest BCUT2D eigenvalue weighted by atomic mass is 10.1. The van der Waals surface area contributed by atoms with Crippen LogP contribution in [0.5, 0.6) is 0 Å². The molecule has 2 heterocycles. The van der Waals surface area contributed by atoms with Crippen LogP contribution >= 0.6 is 22.7 Å². The summed E-state index contributed by atoms with van der Waals surface area (Å²) >= 11 is 3.51. The van der Waals surface area contributed by atoms with Crippen LogP contribution in [-0.2, 0) is 0 Å². The Balaban J connectivity index is 2.36. The molecule has 3 N–H and O–H groups in total. The monoisotopic (exact) mass is 238 g/mol. The Labute approximate surface area is 97.7 Å². The second kappa shape index (κ2) is 4.45. The van der Waals surface area contributed by atoms with Crippen molar-refractivity contribution in [3.63, 3.8) is 0 Å². The summed E-state index contributed by atoms with van der Waals surface area (Å²) in [6, 6.07) is 4.45. The third kappa shape index (κ3) is 2.13. The molecule has 2 aromatic rings. The Morgan fingerprint density at radius 2 is 2.13 bits per heavy atom. The van der Waals surface area contributed by atoms with Crippen molar-refractivity contribution in [3.8, 4) is 0 Å². The quantitative estimate of drug-likeness (QED) is 0.637. The summed E-state index contributed by atoms with van der Waals surface area (Å²) in [5.74, 6) is 5.64. The number of hydrogen-bond acceptors (Lipinski definition) is 4. The van der Waals surface area contributed by atoms with Crippen molar-refractivity contribution in [2.24, 2.45) is 5.84 Å². The van der Waals surface area contributed by atoms with E-state index < -0.39 is 0 Å². The van der Waals surface area contributed by atoms with E-state index in [0.29, 0.717) is 0 Å². The summed E-state index contributed by atoms with van der Waals surface area (Å²) in [6.07, 6.45) is 0. The number of rotatable bonds is 3. The maximum atomic E-state index is 5.64. The fourth-order valence-electron chi connectivity index (χ4n) is 1.62. The van der Waals surface area contributed by atoms with Crippen LogP contribution in [-0.4, -0.2) is 0 Å². The molecule has 15 heavy (non-hydrogen) atoms. The zero-order valence-corrected chi connectivity index (χ0v) is 10.4. The van der Waals surface area contributed by atoms with Crippen molar-refractivity contribution < 1.29 is 0 Å². The second-order valence-electron chi connectivity index (χ2n) is 3.56. The Hall–Kier alpha value is -0.680. The minimum absolute atomic E-state index is 0.134. The number of nitrogens with one attached hydrogen (secondary N) is 1. The van der Waals surface area contributed by atoms with E-state index in [1.807, 2.05) is 0 Å². The largest absolute Gasteiger partial charge is 0.271 e. The van der Waals surface area contributed by atoms with Crippen molar-refractivity contribution in [1.29, 1.82) is 0 Å². The fraction of sp³-hybridized carbons (Fsp3) is 0.273. The molecule has 2 aromatic heterocycles. The topological polar surface area (TPSA) is 38.0 Å². The average molecular weight is 238 g/mol. The Morgan fingerprint density at radius 1 is 1.33 bits per heavy atom.